The smallest absolute Gasteiger partial charge is 0.172 e. The molecule has 0 saturated carbocycles. The number of rotatable bonds is 0. The van der Waals surface area contributed by atoms with E-state index in [2.05, 4.69) is 11.8 Å². The van der Waals surface area contributed by atoms with E-state index in [4.69, 9.17) is 0 Å². The van der Waals surface area contributed by atoms with Crippen molar-refractivity contribution in [1.82, 2.24) is 0 Å². The van der Waals surface area contributed by atoms with Gasteiger partial charge >= 0.3 is 0 Å². The van der Waals surface area contributed by atoms with Crippen LogP contribution in [0.1, 0.15) is 32.1 Å². The van der Waals surface area contributed by atoms with Crippen molar-refractivity contribution in [3.8, 4) is 11.8 Å². The number of allylic oxidation sites excluding steroid dienone is 1. The van der Waals surface area contributed by atoms with Gasteiger partial charge in [-0.2, -0.15) is 8.78 Å². The van der Waals surface area contributed by atoms with Crippen molar-refractivity contribution in [3.63, 3.8) is 0 Å². The Balaban J connectivity index is 2.70. The standard InChI is InChI=1S/C9H10F2/c10-9(11)8-6-4-2-1-3-5-7-8/h1-4,6H2. The number of hydrogen-bond acceptors (Lipinski definition) is 0. The number of halogens is 2. The molecule has 0 aromatic heterocycles. The number of hydrogen-bond donors (Lipinski definition) is 0. The van der Waals surface area contributed by atoms with E-state index in [-0.39, 0.29) is 5.57 Å². The molecule has 0 atom stereocenters. The lowest BCUT2D eigenvalue weighted by molar-refractivity contribution is 0.410. The van der Waals surface area contributed by atoms with Crippen LogP contribution in [0.4, 0.5) is 8.78 Å². The Kier molecular flexibility index (Phi) is 3.10. The fourth-order valence-corrected chi connectivity index (χ4v) is 1.07. The lowest BCUT2D eigenvalue weighted by Gasteiger charge is -2.01. The maximum absolute atomic E-state index is 12.0. The molecule has 1 aliphatic carbocycles. The highest BCUT2D eigenvalue weighted by atomic mass is 19.3. The molecule has 11 heavy (non-hydrogen) atoms. The molecule has 0 bridgehead atoms. The molecule has 0 fully saturated rings. The molecule has 0 saturated heterocycles. The highest BCUT2D eigenvalue weighted by Gasteiger charge is 2.03. The molecule has 0 aliphatic heterocycles. The zero-order valence-corrected chi connectivity index (χ0v) is 6.29. The topological polar surface area (TPSA) is 0 Å². The van der Waals surface area contributed by atoms with Crippen LogP contribution in [-0.4, -0.2) is 0 Å². The van der Waals surface area contributed by atoms with Crippen LogP contribution >= 0.6 is 0 Å². The van der Waals surface area contributed by atoms with Crippen LogP contribution in [0.5, 0.6) is 0 Å². The molecule has 60 valence electrons. The third-order valence-corrected chi connectivity index (χ3v) is 1.70. The molecule has 0 spiro atoms. The summed E-state index contributed by atoms with van der Waals surface area (Å²) in [6.07, 6.45) is 2.53. The minimum Gasteiger partial charge on any atom is -0.172 e. The third kappa shape index (κ3) is 2.71. The van der Waals surface area contributed by atoms with Crippen LogP contribution in [0.3, 0.4) is 0 Å². The first-order valence-corrected chi connectivity index (χ1v) is 3.84. The largest absolute Gasteiger partial charge is 0.281 e. The molecule has 0 radical (unpaired) electrons. The van der Waals surface area contributed by atoms with Crippen molar-refractivity contribution in [1.29, 1.82) is 0 Å². The van der Waals surface area contributed by atoms with E-state index in [0.717, 1.165) is 25.7 Å². The first kappa shape index (κ1) is 8.26. The van der Waals surface area contributed by atoms with Crippen LogP contribution in [0.15, 0.2) is 11.7 Å². The first-order chi connectivity index (χ1) is 5.30. The maximum Gasteiger partial charge on any atom is 0.281 e. The van der Waals surface area contributed by atoms with E-state index in [1.807, 2.05) is 0 Å². The zero-order chi connectivity index (χ0) is 8.10. The molecule has 0 aromatic rings. The summed E-state index contributed by atoms with van der Waals surface area (Å²) in [5.41, 5.74) is 0.0460. The molecule has 0 N–H and O–H groups in total. The Morgan fingerprint density at radius 2 is 2.00 bits per heavy atom. The average molecular weight is 156 g/mol. The Labute approximate surface area is 65.3 Å². The summed E-state index contributed by atoms with van der Waals surface area (Å²) in [5, 5.41) is 0. The molecule has 1 rings (SSSR count). The van der Waals surface area contributed by atoms with E-state index in [1.165, 1.54) is 0 Å². The summed E-state index contributed by atoms with van der Waals surface area (Å²) in [6.45, 7) is 0. The van der Waals surface area contributed by atoms with E-state index in [9.17, 15) is 8.78 Å². The fraction of sp³-hybridized carbons (Fsp3) is 0.556. The molecular formula is C9H10F2. The minimum atomic E-state index is -1.60. The van der Waals surface area contributed by atoms with Gasteiger partial charge in [0.1, 0.15) is 0 Å². The zero-order valence-electron chi connectivity index (χ0n) is 6.29. The molecule has 0 amide bonds. The van der Waals surface area contributed by atoms with E-state index < -0.39 is 6.08 Å². The van der Waals surface area contributed by atoms with Crippen molar-refractivity contribution >= 4 is 0 Å². The molecule has 1 aliphatic rings. The molecule has 0 unspecified atom stereocenters. The second-order valence-corrected chi connectivity index (χ2v) is 2.60. The summed E-state index contributed by atoms with van der Waals surface area (Å²) >= 11 is 0. The summed E-state index contributed by atoms with van der Waals surface area (Å²) in [7, 11) is 0. The van der Waals surface area contributed by atoms with Gasteiger partial charge in [0.05, 0.1) is 5.57 Å². The molecular weight excluding hydrogens is 146 g/mol. The van der Waals surface area contributed by atoms with Crippen molar-refractivity contribution < 1.29 is 8.78 Å². The Hall–Kier alpha value is -0.840. The van der Waals surface area contributed by atoms with E-state index in [1.54, 1.807) is 0 Å². The van der Waals surface area contributed by atoms with Gasteiger partial charge in [0.15, 0.2) is 0 Å². The lowest BCUT2D eigenvalue weighted by atomic mass is 10.0. The normalized spacial score (nSPS) is 17.8. The first-order valence-electron chi connectivity index (χ1n) is 3.84. The van der Waals surface area contributed by atoms with Crippen LogP contribution < -0.4 is 0 Å². The second kappa shape index (κ2) is 4.12. The quantitative estimate of drug-likeness (QED) is 0.473. The summed E-state index contributed by atoms with van der Waals surface area (Å²) in [6, 6.07) is 0. The Morgan fingerprint density at radius 1 is 1.18 bits per heavy atom. The van der Waals surface area contributed by atoms with Gasteiger partial charge in [-0.3, -0.25) is 0 Å². The van der Waals surface area contributed by atoms with Gasteiger partial charge in [-0.25, -0.2) is 0 Å². The molecule has 0 nitrogen and oxygen atoms in total. The highest BCUT2D eigenvalue weighted by molar-refractivity contribution is 5.29. The van der Waals surface area contributed by atoms with Gasteiger partial charge in [-0.1, -0.05) is 18.3 Å². The van der Waals surface area contributed by atoms with Gasteiger partial charge < -0.3 is 0 Å². The van der Waals surface area contributed by atoms with E-state index >= 15 is 0 Å². The SMILES string of the molecule is FC(F)=C1C#CCCCCC1. The highest BCUT2D eigenvalue weighted by Crippen LogP contribution is 2.17. The van der Waals surface area contributed by atoms with Gasteiger partial charge in [0, 0.05) is 6.42 Å². The van der Waals surface area contributed by atoms with Crippen LogP contribution in [-0.2, 0) is 0 Å². The lowest BCUT2D eigenvalue weighted by Crippen LogP contribution is -1.87. The molecule has 0 heterocycles. The average Bonchev–Trinajstić information content (AvgIpc) is 1.84. The van der Waals surface area contributed by atoms with Gasteiger partial charge in [0.2, 0.25) is 0 Å². The second-order valence-electron chi connectivity index (χ2n) is 2.60. The van der Waals surface area contributed by atoms with Crippen molar-refractivity contribution in [2.45, 2.75) is 32.1 Å². The summed E-state index contributed by atoms with van der Waals surface area (Å²) < 4.78 is 24.0. The Bertz CT molecular complexity index is 213. The van der Waals surface area contributed by atoms with E-state index in [0.29, 0.717) is 6.42 Å². The molecule has 2 heteroatoms. The predicted molar refractivity (Wildman–Crippen MR) is 40.1 cm³/mol. The van der Waals surface area contributed by atoms with Crippen molar-refractivity contribution in [3.05, 3.63) is 11.7 Å². The van der Waals surface area contributed by atoms with Crippen LogP contribution in [0.2, 0.25) is 0 Å². The van der Waals surface area contributed by atoms with Crippen LogP contribution in [0, 0.1) is 11.8 Å². The predicted octanol–water partition coefficient (Wildman–Crippen LogP) is 3.10. The monoisotopic (exact) mass is 156 g/mol. The van der Waals surface area contributed by atoms with Crippen molar-refractivity contribution in [2.75, 3.05) is 0 Å². The summed E-state index contributed by atoms with van der Waals surface area (Å²) in [5.74, 6) is 5.23. The van der Waals surface area contributed by atoms with Crippen molar-refractivity contribution in [2.24, 2.45) is 0 Å². The Morgan fingerprint density at radius 3 is 2.73 bits per heavy atom. The summed E-state index contributed by atoms with van der Waals surface area (Å²) in [4.78, 5) is 0. The minimum absolute atomic E-state index is 0.0460. The third-order valence-electron chi connectivity index (χ3n) is 1.70. The van der Waals surface area contributed by atoms with Gasteiger partial charge in [-0.05, 0) is 19.3 Å². The van der Waals surface area contributed by atoms with Gasteiger partial charge in [-0.15, -0.1) is 0 Å². The fourth-order valence-electron chi connectivity index (χ4n) is 1.07. The van der Waals surface area contributed by atoms with Crippen LogP contribution in [0.25, 0.3) is 0 Å². The maximum atomic E-state index is 12.0. The molecule has 0 aromatic carbocycles. The van der Waals surface area contributed by atoms with Gasteiger partial charge in [0.25, 0.3) is 6.08 Å².